The van der Waals surface area contributed by atoms with Gasteiger partial charge >= 0.3 is 0 Å². The number of para-hydroxylation sites is 1. The van der Waals surface area contributed by atoms with Gasteiger partial charge in [0.05, 0.1) is 5.52 Å². The minimum atomic E-state index is 1.08. The number of aryl methyl sites for hydroxylation is 2. The number of hydrogen-bond acceptors (Lipinski definition) is 1. The summed E-state index contributed by atoms with van der Waals surface area (Å²) >= 11 is 0. The molecule has 2 rings (SSSR count). The summed E-state index contributed by atoms with van der Waals surface area (Å²) in [7, 11) is 0. The molecule has 0 amide bonds. The zero-order chi connectivity index (χ0) is 11.4. The van der Waals surface area contributed by atoms with Crippen molar-refractivity contribution in [3.05, 3.63) is 41.6 Å². The van der Waals surface area contributed by atoms with E-state index >= 15 is 0 Å². The van der Waals surface area contributed by atoms with Crippen LogP contribution in [0.1, 0.15) is 37.9 Å². The Morgan fingerprint density at radius 2 is 1.94 bits per heavy atom. The lowest BCUT2D eigenvalue weighted by Crippen LogP contribution is -1.97. The van der Waals surface area contributed by atoms with Crippen molar-refractivity contribution in [1.29, 1.82) is 0 Å². The van der Waals surface area contributed by atoms with Crippen LogP contribution in [0.2, 0.25) is 0 Å². The molecule has 1 aromatic carbocycles. The molecule has 0 aliphatic carbocycles. The number of benzene rings is 1. The average Bonchev–Trinajstić information content (AvgIpc) is 2.35. The molecular weight excluding hydrogens is 194 g/mol. The van der Waals surface area contributed by atoms with E-state index in [-0.39, 0.29) is 0 Å². The van der Waals surface area contributed by atoms with Gasteiger partial charge in [0, 0.05) is 11.1 Å². The smallest absolute Gasteiger partial charge is 0.0705 e. The maximum absolute atomic E-state index is 4.78. The van der Waals surface area contributed by atoms with Gasteiger partial charge in [-0.05, 0) is 37.0 Å². The highest BCUT2D eigenvalue weighted by Gasteiger charge is 2.04. The van der Waals surface area contributed by atoms with E-state index in [1.807, 2.05) is 0 Å². The maximum atomic E-state index is 4.78. The number of pyridine rings is 1. The standard InChI is InChI=1S/C15H19N/c1-3-5-9-14-12(4-2)11-13-8-6-7-10-15(13)16-14/h6-8,10-11H,3-5,9H2,1-2H3. The lowest BCUT2D eigenvalue weighted by Gasteiger charge is -2.08. The van der Waals surface area contributed by atoms with Crippen molar-refractivity contribution in [1.82, 2.24) is 4.98 Å². The van der Waals surface area contributed by atoms with Gasteiger partial charge in [0.1, 0.15) is 0 Å². The molecule has 0 bridgehead atoms. The molecule has 1 heteroatoms. The second-order valence-electron chi connectivity index (χ2n) is 4.24. The van der Waals surface area contributed by atoms with Gasteiger partial charge in [-0.2, -0.15) is 0 Å². The molecule has 0 saturated heterocycles. The van der Waals surface area contributed by atoms with Crippen molar-refractivity contribution < 1.29 is 0 Å². The molecule has 2 aromatic rings. The number of hydrogen-bond donors (Lipinski definition) is 0. The number of aromatic nitrogens is 1. The van der Waals surface area contributed by atoms with Crippen molar-refractivity contribution in [2.75, 3.05) is 0 Å². The number of fused-ring (bicyclic) bond motifs is 1. The van der Waals surface area contributed by atoms with Crippen molar-refractivity contribution >= 4 is 10.9 Å². The molecule has 0 atom stereocenters. The third kappa shape index (κ3) is 2.24. The third-order valence-corrected chi connectivity index (χ3v) is 3.04. The fraction of sp³-hybridized carbons (Fsp3) is 0.400. The highest BCUT2D eigenvalue weighted by Crippen LogP contribution is 2.18. The van der Waals surface area contributed by atoms with E-state index in [1.54, 1.807) is 0 Å². The minimum absolute atomic E-state index is 1.08. The minimum Gasteiger partial charge on any atom is -0.253 e. The van der Waals surface area contributed by atoms with Gasteiger partial charge in [0.2, 0.25) is 0 Å². The molecule has 16 heavy (non-hydrogen) atoms. The highest BCUT2D eigenvalue weighted by atomic mass is 14.7. The predicted octanol–water partition coefficient (Wildman–Crippen LogP) is 4.14. The second kappa shape index (κ2) is 5.11. The molecule has 0 unspecified atom stereocenters. The van der Waals surface area contributed by atoms with Crippen LogP contribution in [0.25, 0.3) is 10.9 Å². The SMILES string of the molecule is CCCCc1nc2ccccc2cc1CC. The van der Waals surface area contributed by atoms with Gasteiger partial charge < -0.3 is 0 Å². The summed E-state index contributed by atoms with van der Waals surface area (Å²) in [5.41, 5.74) is 3.83. The Bertz CT molecular complexity index is 474. The van der Waals surface area contributed by atoms with Crippen LogP contribution >= 0.6 is 0 Å². The summed E-state index contributed by atoms with van der Waals surface area (Å²) in [6.07, 6.45) is 4.66. The zero-order valence-electron chi connectivity index (χ0n) is 10.2. The summed E-state index contributed by atoms with van der Waals surface area (Å²) in [5.74, 6) is 0. The fourth-order valence-corrected chi connectivity index (χ4v) is 2.07. The van der Waals surface area contributed by atoms with E-state index in [0.717, 1.165) is 18.4 Å². The van der Waals surface area contributed by atoms with E-state index in [1.165, 1.54) is 29.5 Å². The fourth-order valence-electron chi connectivity index (χ4n) is 2.07. The summed E-state index contributed by atoms with van der Waals surface area (Å²) in [6.45, 7) is 4.44. The maximum Gasteiger partial charge on any atom is 0.0705 e. The van der Waals surface area contributed by atoms with E-state index in [0.29, 0.717) is 0 Å². The van der Waals surface area contributed by atoms with Crippen molar-refractivity contribution in [3.8, 4) is 0 Å². The molecular formula is C15H19N. The molecule has 1 aromatic heterocycles. The molecule has 1 heterocycles. The van der Waals surface area contributed by atoms with Crippen LogP contribution in [0.15, 0.2) is 30.3 Å². The first kappa shape index (κ1) is 11.1. The van der Waals surface area contributed by atoms with Crippen LogP contribution in [-0.4, -0.2) is 4.98 Å². The average molecular weight is 213 g/mol. The quantitative estimate of drug-likeness (QED) is 0.743. The molecule has 1 nitrogen and oxygen atoms in total. The summed E-state index contributed by atoms with van der Waals surface area (Å²) < 4.78 is 0. The summed E-state index contributed by atoms with van der Waals surface area (Å²) in [4.78, 5) is 4.78. The first-order chi connectivity index (χ1) is 7.85. The Kier molecular flexibility index (Phi) is 3.55. The number of nitrogens with zero attached hydrogens (tertiary/aromatic N) is 1. The van der Waals surface area contributed by atoms with Crippen LogP contribution in [0, 0.1) is 0 Å². The Morgan fingerprint density at radius 1 is 1.12 bits per heavy atom. The van der Waals surface area contributed by atoms with Gasteiger partial charge in [-0.3, -0.25) is 4.98 Å². The van der Waals surface area contributed by atoms with Crippen LogP contribution in [0.5, 0.6) is 0 Å². The van der Waals surface area contributed by atoms with Gasteiger partial charge in [-0.1, -0.05) is 38.5 Å². The van der Waals surface area contributed by atoms with Crippen molar-refractivity contribution in [2.45, 2.75) is 39.5 Å². The first-order valence-corrected chi connectivity index (χ1v) is 6.22. The van der Waals surface area contributed by atoms with Crippen molar-refractivity contribution in [2.24, 2.45) is 0 Å². The monoisotopic (exact) mass is 213 g/mol. The van der Waals surface area contributed by atoms with Gasteiger partial charge in [0.25, 0.3) is 0 Å². The molecule has 84 valence electrons. The topological polar surface area (TPSA) is 12.9 Å². The lowest BCUT2D eigenvalue weighted by molar-refractivity contribution is 0.770. The molecule has 0 N–H and O–H groups in total. The lowest BCUT2D eigenvalue weighted by atomic mass is 10.0. The van der Waals surface area contributed by atoms with Crippen LogP contribution in [0.4, 0.5) is 0 Å². The molecule has 0 aliphatic heterocycles. The van der Waals surface area contributed by atoms with Gasteiger partial charge in [-0.15, -0.1) is 0 Å². The number of unbranched alkanes of at least 4 members (excludes halogenated alkanes) is 1. The normalized spacial score (nSPS) is 10.9. The van der Waals surface area contributed by atoms with E-state index in [2.05, 4.69) is 44.2 Å². The zero-order valence-corrected chi connectivity index (χ0v) is 10.2. The Hall–Kier alpha value is -1.37. The molecule has 0 fully saturated rings. The van der Waals surface area contributed by atoms with E-state index < -0.39 is 0 Å². The summed E-state index contributed by atoms with van der Waals surface area (Å²) in [5, 5.41) is 1.26. The third-order valence-electron chi connectivity index (χ3n) is 3.04. The van der Waals surface area contributed by atoms with Crippen LogP contribution < -0.4 is 0 Å². The van der Waals surface area contributed by atoms with Crippen molar-refractivity contribution in [3.63, 3.8) is 0 Å². The second-order valence-corrected chi connectivity index (χ2v) is 4.24. The van der Waals surface area contributed by atoms with Gasteiger partial charge in [0.15, 0.2) is 0 Å². The van der Waals surface area contributed by atoms with Gasteiger partial charge in [-0.25, -0.2) is 0 Å². The largest absolute Gasteiger partial charge is 0.253 e. The highest BCUT2D eigenvalue weighted by molar-refractivity contribution is 5.79. The number of rotatable bonds is 4. The van der Waals surface area contributed by atoms with E-state index in [9.17, 15) is 0 Å². The first-order valence-electron chi connectivity index (χ1n) is 6.22. The molecule has 0 spiro atoms. The summed E-state index contributed by atoms with van der Waals surface area (Å²) in [6, 6.07) is 10.7. The Morgan fingerprint density at radius 3 is 2.69 bits per heavy atom. The molecule has 0 radical (unpaired) electrons. The van der Waals surface area contributed by atoms with Crippen LogP contribution in [0.3, 0.4) is 0 Å². The Balaban J connectivity index is 2.45. The Labute approximate surface area is 97.5 Å². The predicted molar refractivity (Wildman–Crippen MR) is 69.7 cm³/mol. The molecule has 0 saturated carbocycles. The van der Waals surface area contributed by atoms with Crippen LogP contribution in [-0.2, 0) is 12.8 Å². The molecule has 0 aliphatic rings. The van der Waals surface area contributed by atoms with E-state index in [4.69, 9.17) is 4.98 Å².